The lowest BCUT2D eigenvalue weighted by Crippen LogP contribution is -2.33. The number of rotatable bonds is 9. The first-order valence-corrected chi connectivity index (χ1v) is 12.0. The highest BCUT2D eigenvalue weighted by molar-refractivity contribution is 14.1. The highest BCUT2D eigenvalue weighted by Crippen LogP contribution is 2.15. The van der Waals surface area contributed by atoms with Gasteiger partial charge in [0.05, 0.1) is 12.3 Å². The van der Waals surface area contributed by atoms with Crippen LogP contribution in [0.1, 0.15) is 41.8 Å². The molecule has 6 nitrogen and oxygen atoms in total. The lowest BCUT2D eigenvalue weighted by molar-refractivity contribution is -0.117. The van der Waals surface area contributed by atoms with Crippen molar-refractivity contribution in [2.75, 3.05) is 6.61 Å². The summed E-state index contributed by atoms with van der Waals surface area (Å²) >= 11 is 2.23. The van der Waals surface area contributed by atoms with Gasteiger partial charge in [-0.05, 0) is 89.5 Å². The molecule has 174 valence electrons. The number of benzene rings is 3. The van der Waals surface area contributed by atoms with Gasteiger partial charge in [0, 0.05) is 9.13 Å². The number of nitrogens with one attached hydrogen (secondary N) is 2. The molecule has 3 aromatic rings. The molecule has 0 aliphatic carbocycles. The number of hydrogen-bond acceptors (Lipinski definition) is 4. The number of carbonyl (C=O) groups excluding carboxylic acids is 2. The van der Waals surface area contributed by atoms with Crippen LogP contribution in [0.15, 0.2) is 89.7 Å². The minimum absolute atomic E-state index is 0.0789. The molecule has 0 saturated carbocycles. The highest BCUT2D eigenvalue weighted by atomic mass is 127. The normalized spacial score (nSPS) is 11.6. The van der Waals surface area contributed by atoms with Gasteiger partial charge in [0.25, 0.3) is 11.8 Å². The van der Waals surface area contributed by atoms with Crippen LogP contribution >= 0.6 is 22.6 Å². The molecule has 0 saturated heterocycles. The van der Waals surface area contributed by atoms with Crippen LogP contribution in [0.25, 0.3) is 6.08 Å². The van der Waals surface area contributed by atoms with Gasteiger partial charge in [0.1, 0.15) is 11.4 Å². The zero-order valence-electron chi connectivity index (χ0n) is 19.0. The van der Waals surface area contributed by atoms with E-state index in [1.807, 2.05) is 68.4 Å². The van der Waals surface area contributed by atoms with Crippen LogP contribution in [0.5, 0.6) is 5.75 Å². The molecule has 34 heavy (non-hydrogen) atoms. The number of amides is 2. The first-order valence-electron chi connectivity index (χ1n) is 10.9. The van der Waals surface area contributed by atoms with Gasteiger partial charge in [-0.3, -0.25) is 9.59 Å². The summed E-state index contributed by atoms with van der Waals surface area (Å²) in [5.41, 5.74) is 5.35. The first kappa shape index (κ1) is 25.2. The Morgan fingerprint density at radius 1 is 0.941 bits per heavy atom. The van der Waals surface area contributed by atoms with Gasteiger partial charge in [0.15, 0.2) is 0 Å². The number of carbonyl (C=O) groups is 2. The molecule has 0 unspecified atom stereocenters. The van der Waals surface area contributed by atoms with Crippen LogP contribution in [0.2, 0.25) is 0 Å². The van der Waals surface area contributed by atoms with Crippen LogP contribution < -0.4 is 15.5 Å². The van der Waals surface area contributed by atoms with E-state index in [4.69, 9.17) is 4.74 Å². The smallest absolute Gasteiger partial charge is 0.287 e. The standard InChI is InChI=1S/C27H26IN3O3/c1-3-17-34-24-15-9-20(10-16-24)18-25(29-26(32)22-7-5-4-6-8-22)27(33)31-30-19(2)21-11-13-23(28)14-12-21/h4-16,18H,3,17H2,1-2H3,(H,29,32)(H,31,33)/b25-18-,30-19+. The van der Waals surface area contributed by atoms with Crippen molar-refractivity contribution in [2.24, 2.45) is 5.10 Å². The van der Waals surface area contributed by atoms with Crippen LogP contribution in [0, 0.1) is 3.57 Å². The monoisotopic (exact) mass is 567 g/mol. The van der Waals surface area contributed by atoms with Gasteiger partial charge in [-0.15, -0.1) is 0 Å². The van der Waals surface area contributed by atoms with Gasteiger partial charge in [0.2, 0.25) is 0 Å². The second-order valence-electron chi connectivity index (χ2n) is 7.44. The van der Waals surface area contributed by atoms with Crippen molar-refractivity contribution in [1.82, 2.24) is 10.7 Å². The van der Waals surface area contributed by atoms with E-state index in [9.17, 15) is 9.59 Å². The van der Waals surface area contributed by atoms with Crippen LogP contribution in [-0.2, 0) is 4.79 Å². The molecule has 0 aromatic heterocycles. The topological polar surface area (TPSA) is 79.8 Å². The van der Waals surface area contributed by atoms with Crippen molar-refractivity contribution in [3.05, 3.63) is 105 Å². The molecule has 0 fully saturated rings. The van der Waals surface area contributed by atoms with Crippen molar-refractivity contribution < 1.29 is 14.3 Å². The third-order valence-electron chi connectivity index (χ3n) is 4.78. The van der Waals surface area contributed by atoms with Gasteiger partial charge in [-0.25, -0.2) is 5.43 Å². The molecule has 3 aromatic carbocycles. The lowest BCUT2D eigenvalue weighted by Gasteiger charge is -2.10. The van der Waals surface area contributed by atoms with Crippen molar-refractivity contribution in [2.45, 2.75) is 20.3 Å². The molecule has 0 spiro atoms. The Morgan fingerprint density at radius 2 is 1.62 bits per heavy atom. The van der Waals surface area contributed by atoms with Crippen LogP contribution in [0.4, 0.5) is 0 Å². The molecule has 0 atom stereocenters. The van der Waals surface area contributed by atoms with E-state index in [-0.39, 0.29) is 11.6 Å². The number of nitrogens with zero attached hydrogens (tertiary/aromatic N) is 1. The molecule has 0 aliphatic heterocycles. The number of hydrogen-bond donors (Lipinski definition) is 2. The molecule has 0 bridgehead atoms. The Balaban J connectivity index is 1.82. The predicted octanol–water partition coefficient (Wildman–Crippen LogP) is 5.39. The second kappa shape index (κ2) is 12.7. The van der Waals surface area contributed by atoms with Gasteiger partial charge < -0.3 is 10.1 Å². The fourth-order valence-electron chi connectivity index (χ4n) is 2.94. The molecule has 7 heteroatoms. The summed E-state index contributed by atoms with van der Waals surface area (Å²) < 4.78 is 6.72. The highest BCUT2D eigenvalue weighted by Gasteiger charge is 2.14. The van der Waals surface area contributed by atoms with E-state index < -0.39 is 5.91 Å². The number of ether oxygens (including phenoxy) is 1. The summed E-state index contributed by atoms with van der Waals surface area (Å²) in [5.74, 6) is -0.167. The average Bonchev–Trinajstić information content (AvgIpc) is 2.87. The maximum Gasteiger partial charge on any atom is 0.287 e. The van der Waals surface area contributed by atoms with Crippen molar-refractivity contribution >= 4 is 46.2 Å². The van der Waals surface area contributed by atoms with E-state index in [1.165, 1.54) is 0 Å². The van der Waals surface area contributed by atoms with E-state index in [1.54, 1.807) is 30.3 Å². The molecule has 0 heterocycles. The van der Waals surface area contributed by atoms with E-state index in [0.717, 1.165) is 26.9 Å². The Hall–Kier alpha value is -3.46. The first-order chi connectivity index (χ1) is 16.5. The maximum absolute atomic E-state index is 13.0. The molecular weight excluding hydrogens is 541 g/mol. The fourth-order valence-corrected chi connectivity index (χ4v) is 3.30. The number of hydrazone groups is 1. The fraction of sp³-hybridized carbons (Fsp3) is 0.148. The minimum Gasteiger partial charge on any atom is -0.494 e. The minimum atomic E-state index is -0.527. The third-order valence-corrected chi connectivity index (χ3v) is 5.50. The lowest BCUT2D eigenvalue weighted by atomic mass is 10.1. The summed E-state index contributed by atoms with van der Waals surface area (Å²) in [4.78, 5) is 25.7. The van der Waals surface area contributed by atoms with Gasteiger partial charge in [-0.2, -0.15) is 5.10 Å². The number of halogens is 1. The quantitative estimate of drug-likeness (QED) is 0.158. The Morgan fingerprint density at radius 3 is 2.26 bits per heavy atom. The van der Waals surface area contributed by atoms with Crippen LogP contribution in [0.3, 0.4) is 0 Å². The summed E-state index contributed by atoms with van der Waals surface area (Å²) in [6.07, 6.45) is 2.52. The molecule has 3 rings (SSSR count). The Labute approximate surface area is 213 Å². The van der Waals surface area contributed by atoms with Crippen molar-refractivity contribution in [1.29, 1.82) is 0 Å². The predicted molar refractivity (Wildman–Crippen MR) is 144 cm³/mol. The Kier molecular flexibility index (Phi) is 9.40. The SMILES string of the molecule is CCCOc1ccc(/C=C(\NC(=O)c2ccccc2)C(=O)N/N=C(\C)c2ccc(I)cc2)cc1. The average molecular weight is 567 g/mol. The second-order valence-corrected chi connectivity index (χ2v) is 8.69. The van der Waals surface area contributed by atoms with Crippen LogP contribution in [-0.4, -0.2) is 24.1 Å². The van der Waals surface area contributed by atoms with Crippen molar-refractivity contribution in [3.63, 3.8) is 0 Å². The molecule has 0 radical (unpaired) electrons. The van der Waals surface area contributed by atoms with Crippen molar-refractivity contribution in [3.8, 4) is 5.75 Å². The summed E-state index contributed by atoms with van der Waals surface area (Å²) in [6.45, 7) is 4.48. The molecule has 2 amide bonds. The zero-order valence-corrected chi connectivity index (χ0v) is 21.2. The summed E-state index contributed by atoms with van der Waals surface area (Å²) in [7, 11) is 0. The molecular formula is C27H26IN3O3. The maximum atomic E-state index is 13.0. The Bertz CT molecular complexity index is 1170. The zero-order chi connectivity index (χ0) is 24.3. The van der Waals surface area contributed by atoms with Gasteiger partial charge in [-0.1, -0.05) is 49.4 Å². The van der Waals surface area contributed by atoms with E-state index >= 15 is 0 Å². The summed E-state index contributed by atoms with van der Waals surface area (Å²) in [6, 6.07) is 23.8. The largest absolute Gasteiger partial charge is 0.494 e. The third kappa shape index (κ3) is 7.55. The summed E-state index contributed by atoms with van der Waals surface area (Å²) in [5, 5.41) is 6.93. The molecule has 2 N–H and O–H groups in total. The van der Waals surface area contributed by atoms with E-state index in [0.29, 0.717) is 17.9 Å². The van der Waals surface area contributed by atoms with Gasteiger partial charge >= 0.3 is 0 Å². The van der Waals surface area contributed by atoms with E-state index in [2.05, 4.69) is 38.4 Å². The molecule has 0 aliphatic rings.